The Kier molecular flexibility index (Phi) is 4.24. The number of aromatic nitrogens is 2. The van der Waals surface area contributed by atoms with Crippen LogP contribution in [0.3, 0.4) is 0 Å². The topological polar surface area (TPSA) is 44.1 Å². The van der Waals surface area contributed by atoms with Gasteiger partial charge in [-0.3, -0.25) is 9.48 Å². The minimum Gasteiger partial charge on any atom is -0.371 e. The lowest BCUT2D eigenvalue weighted by molar-refractivity contribution is -0.139. The number of rotatable bonds is 6. The molecular weight excluding hydrogens is 204 g/mol. The predicted octanol–water partition coefficient (Wildman–Crippen LogP) is 1.74. The first-order valence-corrected chi connectivity index (χ1v) is 5.59. The van der Waals surface area contributed by atoms with E-state index in [9.17, 15) is 4.79 Å². The summed E-state index contributed by atoms with van der Waals surface area (Å²) >= 11 is 0. The smallest absolute Gasteiger partial charge is 0.164 e. The molecule has 0 aliphatic rings. The Hall–Kier alpha value is -1.16. The second-order valence-corrected chi connectivity index (χ2v) is 4.16. The molecule has 1 aromatic heterocycles. The van der Waals surface area contributed by atoms with Gasteiger partial charge in [0.2, 0.25) is 0 Å². The molecule has 0 bridgehead atoms. The van der Waals surface area contributed by atoms with Crippen LogP contribution in [-0.4, -0.2) is 28.3 Å². The highest BCUT2D eigenvalue weighted by Gasteiger charge is 2.30. The number of ketones is 1. The Balaban J connectivity index is 2.56. The van der Waals surface area contributed by atoms with Gasteiger partial charge < -0.3 is 4.74 Å². The first-order valence-electron chi connectivity index (χ1n) is 5.59. The normalized spacial score (nSPS) is 14.8. The van der Waals surface area contributed by atoms with Crippen molar-refractivity contribution in [2.45, 2.75) is 38.7 Å². The number of carbonyl (C=O) groups excluding carboxylic acids is 1. The van der Waals surface area contributed by atoms with Gasteiger partial charge in [0.05, 0.1) is 0 Å². The molecule has 90 valence electrons. The zero-order valence-corrected chi connectivity index (χ0v) is 10.5. The quantitative estimate of drug-likeness (QED) is 0.739. The Morgan fingerprint density at radius 3 is 2.75 bits per heavy atom. The summed E-state index contributed by atoms with van der Waals surface area (Å²) < 4.78 is 7.07. The van der Waals surface area contributed by atoms with Crippen molar-refractivity contribution in [3.05, 3.63) is 18.0 Å². The third-order valence-electron chi connectivity index (χ3n) is 3.25. The molecule has 0 fully saturated rings. The summed E-state index contributed by atoms with van der Waals surface area (Å²) in [5, 5.41) is 4.07. The molecule has 0 aromatic carbocycles. The van der Waals surface area contributed by atoms with E-state index in [1.165, 1.54) is 0 Å². The number of methoxy groups -OCH3 is 1. The van der Waals surface area contributed by atoms with Gasteiger partial charge in [0.1, 0.15) is 5.60 Å². The first-order chi connectivity index (χ1) is 7.53. The monoisotopic (exact) mass is 224 g/mol. The molecule has 4 heteroatoms. The van der Waals surface area contributed by atoms with Crippen molar-refractivity contribution in [3.63, 3.8) is 0 Å². The predicted molar refractivity (Wildman–Crippen MR) is 62.2 cm³/mol. The average Bonchev–Trinajstić information content (AvgIpc) is 2.70. The van der Waals surface area contributed by atoms with Gasteiger partial charge in [0.25, 0.3) is 0 Å². The molecule has 0 spiro atoms. The Morgan fingerprint density at radius 1 is 1.62 bits per heavy atom. The molecule has 1 aromatic rings. The molecule has 0 aliphatic carbocycles. The molecule has 0 amide bonds. The highest BCUT2D eigenvalue weighted by atomic mass is 16.5. The molecule has 4 nitrogen and oxygen atoms in total. The van der Waals surface area contributed by atoms with Crippen molar-refractivity contribution in [2.24, 2.45) is 7.05 Å². The van der Waals surface area contributed by atoms with Gasteiger partial charge in [0.15, 0.2) is 5.78 Å². The van der Waals surface area contributed by atoms with E-state index in [0.29, 0.717) is 19.3 Å². The van der Waals surface area contributed by atoms with Crippen LogP contribution in [0.25, 0.3) is 0 Å². The van der Waals surface area contributed by atoms with E-state index in [-0.39, 0.29) is 5.78 Å². The molecule has 0 radical (unpaired) electrons. The molecule has 1 rings (SSSR count). The van der Waals surface area contributed by atoms with E-state index in [2.05, 4.69) is 5.10 Å². The van der Waals surface area contributed by atoms with Gasteiger partial charge in [0, 0.05) is 32.5 Å². The molecule has 1 heterocycles. The highest BCUT2D eigenvalue weighted by molar-refractivity contribution is 5.87. The van der Waals surface area contributed by atoms with E-state index in [0.717, 1.165) is 5.69 Å². The van der Waals surface area contributed by atoms with E-state index >= 15 is 0 Å². The maximum Gasteiger partial charge on any atom is 0.164 e. The Bertz CT molecular complexity index is 354. The van der Waals surface area contributed by atoms with Crippen molar-refractivity contribution < 1.29 is 9.53 Å². The first kappa shape index (κ1) is 12.9. The number of nitrogens with zero attached hydrogens (tertiary/aromatic N) is 2. The van der Waals surface area contributed by atoms with Crippen molar-refractivity contribution in [2.75, 3.05) is 7.11 Å². The highest BCUT2D eigenvalue weighted by Crippen LogP contribution is 2.18. The van der Waals surface area contributed by atoms with Crippen LogP contribution in [0.2, 0.25) is 0 Å². The van der Waals surface area contributed by atoms with E-state index in [1.807, 2.05) is 27.0 Å². The van der Waals surface area contributed by atoms with Gasteiger partial charge in [-0.05, 0) is 25.8 Å². The number of Topliss-reactive ketones (excluding diaryl/α,β-unsaturated/α-hetero) is 1. The number of aryl methyl sites for hydroxylation is 2. The average molecular weight is 224 g/mol. The third-order valence-corrected chi connectivity index (χ3v) is 3.25. The fraction of sp³-hybridized carbons (Fsp3) is 0.667. The van der Waals surface area contributed by atoms with Crippen LogP contribution in [0.1, 0.15) is 32.4 Å². The molecule has 1 unspecified atom stereocenters. The molecular formula is C12H20N2O2. The fourth-order valence-electron chi connectivity index (χ4n) is 1.61. The molecule has 1 atom stereocenters. The minimum absolute atomic E-state index is 0.152. The molecule has 0 saturated heterocycles. The fourth-order valence-corrected chi connectivity index (χ4v) is 1.61. The second-order valence-electron chi connectivity index (χ2n) is 4.16. The molecule has 0 N–H and O–H groups in total. The lowest BCUT2D eigenvalue weighted by Crippen LogP contribution is -2.36. The third kappa shape index (κ3) is 2.70. The molecule has 16 heavy (non-hydrogen) atoms. The van der Waals surface area contributed by atoms with Crippen LogP contribution in [0, 0.1) is 0 Å². The van der Waals surface area contributed by atoms with E-state index < -0.39 is 5.60 Å². The van der Waals surface area contributed by atoms with E-state index in [1.54, 1.807) is 18.0 Å². The van der Waals surface area contributed by atoms with Crippen LogP contribution in [0.15, 0.2) is 12.3 Å². The van der Waals surface area contributed by atoms with Gasteiger partial charge in [-0.25, -0.2) is 0 Å². The summed E-state index contributed by atoms with van der Waals surface area (Å²) in [5.41, 5.74) is 0.432. The molecule has 0 saturated carbocycles. The lowest BCUT2D eigenvalue weighted by atomic mass is 9.93. The number of ether oxygens (including phenoxy) is 1. The van der Waals surface area contributed by atoms with Crippen LogP contribution in [-0.2, 0) is 23.0 Å². The number of hydrogen-bond acceptors (Lipinski definition) is 3. The SMILES string of the molecule is CCC(C)(OC)C(=O)CCc1ccnn1C. The van der Waals surface area contributed by atoms with Crippen LogP contribution in [0.4, 0.5) is 0 Å². The molecule has 0 aliphatic heterocycles. The van der Waals surface area contributed by atoms with Gasteiger partial charge in [-0.15, -0.1) is 0 Å². The largest absolute Gasteiger partial charge is 0.371 e. The Labute approximate surface area is 96.6 Å². The summed E-state index contributed by atoms with van der Waals surface area (Å²) in [7, 11) is 3.47. The van der Waals surface area contributed by atoms with E-state index in [4.69, 9.17) is 4.74 Å². The van der Waals surface area contributed by atoms with Crippen molar-refractivity contribution in [3.8, 4) is 0 Å². The number of carbonyl (C=O) groups is 1. The van der Waals surface area contributed by atoms with Gasteiger partial charge in [-0.1, -0.05) is 6.92 Å². The van der Waals surface area contributed by atoms with Crippen LogP contribution in [0.5, 0.6) is 0 Å². The van der Waals surface area contributed by atoms with Crippen LogP contribution >= 0.6 is 0 Å². The summed E-state index contributed by atoms with van der Waals surface area (Å²) in [6.45, 7) is 3.81. The van der Waals surface area contributed by atoms with Crippen molar-refractivity contribution >= 4 is 5.78 Å². The van der Waals surface area contributed by atoms with Gasteiger partial charge in [-0.2, -0.15) is 5.10 Å². The lowest BCUT2D eigenvalue weighted by Gasteiger charge is -2.24. The summed E-state index contributed by atoms with van der Waals surface area (Å²) in [4.78, 5) is 12.0. The zero-order valence-electron chi connectivity index (χ0n) is 10.5. The summed E-state index contributed by atoms with van der Waals surface area (Å²) in [6, 6.07) is 1.93. The second kappa shape index (κ2) is 5.25. The Morgan fingerprint density at radius 2 is 2.31 bits per heavy atom. The van der Waals surface area contributed by atoms with Crippen molar-refractivity contribution in [1.82, 2.24) is 9.78 Å². The summed E-state index contributed by atoms with van der Waals surface area (Å²) in [6.07, 6.45) is 3.66. The zero-order chi connectivity index (χ0) is 12.2. The number of hydrogen-bond donors (Lipinski definition) is 0. The minimum atomic E-state index is -0.640. The standard InChI is InChI=1S/C12H20N2O2/c1-5-12(2,16-4)11(15)7-6-10-8-9-13-14(10)3/h8-9H,5-7H2,1-4H3. The van der Waals surface area contributed by atoms with Crippen molar-refractivity contribution in [1.29, 1.82) is 0 Å². The summed E-state index contributed by atoms with van der Waals surface area (Å²) in [5.74, 6) is 0.152. The van der Waals surface area contributed by atoms with Crippen LogP contribution < -0.4 is 0 Å². The maximum absolute atomic E-state index is 12.0. The maximum atomic E-state index is 12.0. The van der Waals surface area contributed by atoms with Gasteiger partial charge >= 0.3 is 0 Å².